The number of alkyl halides is 3. The molecule has 0 aliphatic carbocycles. The zero-order chi connectivity index (χ0) is 28.8. The summed E-state index contributed by atoms with van der Waals surface area (Å²) in [6.07, 6.45) is -3.88. The molecule has 4 aromatic rings. The Hall–Kier alpha value is -4.19. The van der Waals surface area contributed by atoms with E-state index in [9.17, 15) is 31.5 Å². The molecule has 2 N–H and O–H groups in total. The van der Waals surface area contributed by atoms with Crippen LogP contribution in [0.3, 0.4) is 0 Å². The number of hydrogen-bond acceptors (Lipinski definition) is 5. The molecule has 0 spiro atoms. The highest BCUT2D eigenvalue weighted by Crippen LogP contribution is 2.38. The van der Waals surface area contributed by atoms with Crippen LogP contribution in [0, 0.1) is 0 Å². The fourth-order valence-electron chi connectivity index (χ4n) is 4.36. The number of methoxy groups -OCH3 is 1. The molecule has 0 aliphatic heterocycles. The van der Waals surface area contributed by atoms with Crippen LogP contribution < -0.4 is 14.2 Å². The van der Waals surface area contributed by atoms with E-state index >= 15 is 0 Å². The van der Waals surface area contributed by atoms with Gasteiger partial charge in [-0.1, -0.05) is 32.0 Å². The van der Waals surface area contributed by atoms with Gasteiger partial charge < -0.3 is 19.1 Å². The van der Waals surface area contributed by atoms with E-state index in [1.165, 1.54) is 35.9 Å². The number of carbonyl (C=O) groups is 1. The molecule has 1 heterocycles. The lowest BCUT2D eigenvalue weighted by Gasteiger charge is -2.28. The predicted octanol–water partition coefficient (Wildman–Crippen LogP) is 5.93. The first-order valence-corrected chi connectivity index (χ1v) is 13.4. The van der Waals surface area contributed by atoms with Gasteiger partial charge in [-0.2, -0.15) is 0 Å². The van der Waals surface area contributed by atoms with Crippen LogP contribution in [0.25, 0.3) is 16.6 Å². The molecular weight excluding hydrogens is 537 g/mol. The minimum atomic E-state index is -4.89. The zero-order valence-electron chi connectivity index (χ0n) is 21.3. The SMILES string of the molecule is COc1cc(OC(F)(F)F)cc(C(C)(C)c2cccc(-n3c(C(=O)O)cc4ccc(NS(C)(=O)=O)cc43)c2)c1. The molecule has 4 rings (SSSR count). The second-order valence-corrected chi connectivity index (χ2v) is 11.2. The third-order valence-corrected chi connectivity index (χ3v) is 6.83. The molecule has 0 aliphatic rings. The number of hydrogen-bond donors (Lipinski definition) is 2. The summed E-state index contributed by atoms with van der Waals surface area (Å²) in [4.78, 5) is 12.2. The molecular formula is C27H25F3N2O6S. The van der Waals surface area contributed by atoms with Crippen molar-refractivity contribution in [3.63, 3.8) is 0 Å². The van der Waals surface area contributed by atoms with Gasteiger partial charge in [-0.05, 0) is 53.6 Å². The Kier molecular flexibility index (Phi) is 7.02. The van der Waals surface area contributed by atoms with Gasteiger partial charge in [-0.25, -0.2) is 13.2 Å². The predicted molar refractivity (Wildman–Crippen MR) is 141 cm³/mol. The number of aromatic carboxylic acids is 1. The van der Waals surface area contributed by atoms with Crippen molar-refractivity contribution in [3.05, 3.63) is 83.6 Å². The monoisotopic (exact) mass is 562 g/mol. The Balaban J connectivity index is 1.87. The van der Waals surface area contributed by atoms with Gasteiger partial charge in [0, 0.05) is 22.6 Å². The van der Waals surface area contributed by atoms with Crippen molar-refractivity contribution < 1.29 is 41.0 Å². The molecule has 0 radical (unpaired) electrons. The largest absolute Gasteiger partial charge is 0.573 e. The summed E-state index contributed by atoms with van der Waals surface area (Å²) in [6.45, 7) is 3.61. The number of nitrogens with one attached hydrogen (secondary N) is 1. The van der Waals surface area contributed by atoms with E-state index in [1.807, 2.05) is 0 Å². The first-order valence-electron chi connectivity index (χ1n) is 11.5. The number of carboxylic acids is 1. The van der Waals surface area contributed by atoms with E-state index in [2.05, 4.69) is 9.46 Å². The normalized spacial score (nSPS) is 12.4. The van der Waals surface area contributed by atoms with E-state index in [0.29, 0.717) is 27.7 Å². The van der Waals surface area contributed by atoms with Crippen molar-refractivity contribution >= 4 is 32.6 Å². The summed E-state index contributed by atoms with van der Waals surface area (Å²) in [5, 5.41) is 10.5. The molecule has 3 aromatic carbocycles. The topological polar surface area (TPSA) is 107 Å². The zero-order valence-corrected chi connectivity index (χ0v) is 22.1. The second-order valence-electron chi connectivity index (χ2n) is 9.44. The minimum absolute atomic E-state index is 0.0568. The number of halogens is 3. The minimum Gasteiger partial charge on any atom is -0.497 e. The van der Waals surface area contributed by atoms with E-state index in [-0.39, 0.29) is 17.1 Å². The van der Waals surface area contributed by atoms with E-state index in [1.54, 1.807) is 50.2 Å². The van der Waals surface area contributed by atoms with Crippen LogP contribution in [-0.2, 0) is 15.4 Å². The summed E-state index contributed by atoms with van der Waals surface area (Å²) >= 11 is 0. The van der Waals surface area contributed by atoms with Crippen LogP contribution in [0.2, 0.25) is 0 Å². The number of sulfonamides is 1. The third kappa shape index (κ3) is 6.11. The summed E-state index contributed by atoms with van der Waals surface area (Å²) < 4.78 is 75.5. The van der Waals surface area contributed by atoms with Crippen LogP contribution in [0.4, 0.5) is 18.9 Å². The van der Waals surface area contributed by atoms with Gasteiger partial charge in [-0.15, -0.1) is 13.2 Å². The molecule has 39 heavy (non-hydrogen) atoms. The number of rotatable bonds is 8. The van der Waals surface area contributed by atoms with Crippen LogP contribution in [0.5, 0.6) is 11.5 Å². The molecule has 0 saturated heterocycles. The van der Waals surface area contributed by atoms with E-state index in [0.717, 1.165) is 12.3 Å². The molecule has 0 fully saturated rings. The standard InChI is InChI=1S/C27H25F3N2O6S/c1-26(2,18-12-21(37-3)15-22(13-18)38-27(28,29)30)17-6-5-7-20(11-17)32-23-14-19(31-39(4,35)36)9-8-16(23)10-24(32)25(33)34/h5-15,31H,1-4H3,(H,33,34). The molecule has 8 nitrogen and oxygen atoms in total. The van der Waals surface area contributed by atoms with Gasteiger partial charge in [-0.3, -0.25) is 4.72 Å². The first-order chi connectivity index (χ1) is 18.1. The smallest absolute Gasteiger partial charge is 0.497 e. The highest BCUT2D eigenvalue weighted by Gasteiger charge is 2.33. The number of carboxylic acid groups (broad SMARTS) is 1. The fraction of sp³-hybridized carbons (Fsp3) is 0.222. The molecule has 12 heteroatoms. The van der Waals surface area contributed by atoms with Crippen molar-refractivity contribution in [2.45, 2.75) is 25.6 Å². The number of benzene rings is 3. The molecule has 1 aromatic heterocycles. The van der Waals surface area contributed by atoms with Gasteiger partial charge in [0.25, 0.3) is 0 Å². The van der Waals surface area contributed by atoms with E-state index in [4.69, 9.17) is 4.74 Å². The van der Waals surface area contributed by atoms with Crippen molar-refractivity contribution in [1.29, 1.82) is 0 Å². The first kappa shape index (κ1) is 27.8. The van der Waals surface area contributed by atoms with Crippen LogP contribution in [0.1, 0.15) is 35.5 Å². The lowest BCUT2D eigenvalue weighted by molar-refractivity contribution is -0.274. The van der Waals surface area contributed by atoms with E-state index < -0.39 is 33.5 Å². The molecule has 206 valence electrons. The van der Waals surface area contributed by atoms with Gasteiger partial charge >= 0.3 is 12.3 Å². The average Bonchev–Trinajstić information content (AvgIpc) is 3.21. The van der Waals surface area contributed by atoms with Crippen molar-refractivity contribution in [1.82, 2.24) is 4.57 Å². The van der Waals surface area contributed by atoms with Crippen LogP contribution in [0.15, 0.2) is 66.7 Å². The number of anilines is 1. The van der Waals surface area contributed by atoms with Crippen LogP contribution >= 0.6 is 0 Å². The highest BCUT2D eigenvalue weighted by atomic mass is 32.2. The molecule has 0 bridgehead atoms. The summed E-state index contributed by atoms with van der Waals surface area (Å²) in [7, 11) is -2.24. The summed E-state index contributed by atoms with van der Waals surface area (Å²) in [5.41, 5.74) is 1.36. The maximum atomic E-state index is 12.9. The highest BCUT2D eigenvalue weighted by molar-refractivity contribution is 7.92. The number of aromatic nitrogens is 1. The Bertz CT molecular complexity index is 1680. The molecule has 0 amide bonds. The Morgan fingerprint density at radius 1 is 0.949 bits per heavy atom. The summed E-state index contributed by atoms with van der Waals surface area (Å²) in [5.74, 6) is -1.46. The van der Waals surface area contributed by atoms with Crippen molar-refractivity contribution in [2.75, 3.05) is 18.1 Å². The molecule has 0 saturated carbocycles. The quantitative estimate of drug-likeness (QED) is 0.276. The lowest BCUT2D eigenvalue weighted by atomic mass is 9.78. The molecule has 0 unspecified atom stereocenters. The molecule has 0 atom stereocenters. The second kappa shape index (κ2) is 9.84. The third-order valence-electron chi connectivity index (χ3n) is 6.22. The maximum Gasteiger partial charge on any atom is 0.573 e. The fourth-order valence-corrected chi connectivity index (χ4v) is 4.91. The van der Waals surface area contributed by atoms with Gasteiger partial charge in [0.05, 0.1) is 24.6 Å². The Labute approximate surface area is 222 Å². The van der Waals surface area contributed by atoms with Crippen molar-refractivity contribution in [3.8, 4) is 17.2 Å². The van der Waals surface area contributed by atoms with Crippen LogP contribution in [-0.4, -0.2) is 43.8 Å². The number of nitrogens with zero attached hydrogens (tertiary/aromatic N) is 1. The van der Waals surface area contributed by atoms with Gasteiger partial charge in [0.15, 0.2) is 0 Å². The maximum absolute atomic E-state index is 12.9. The average molecular weight is 563 g/mol. The Morgan fingerprint density at radius 2 is 1.64 bits per heavy atom. The number of ether oxygens (including phenoxy) is 2. The van der Waals surface area contributed by atoms with Crippen molar-refractivity contribution in [2.24, 2.45) is 0 Å². The van der Waals surface area contributed by atoms with Gasteiger partial charge in [0.2, 0.25) is 10.0 Å². The summed E-state index contributed by atoms with van der Waals surface area (Å²) in [6, 6.07) is 17.1. The number of fused-ring (bicyclic) bond motifs is 1. The lowest BCUT2D eigenvalue weighted by Crippen LogP contribution is -2.21. The Morgan fingerprint density at radius 3 is 2.26 bits per heavy atom. The van der Waals surface area contributed by atoms with Gasteiger partial charge in [0.1, 0.15) is 17.2 Å².